The Balaban J connectivity index is 0.000000137. The maximum atomic E-state index is 17.5. The van der Waals surface area contributed by atoms with Gasteiger partial charge < -0.3 is 71.3 Å². The van der Waals surface area contributed by atoms with Crippen molar-refractivity contribution in [3.8, 4) is 0 Å². The molecule has 12 aliphatic carbocycles. The average Bonchev–Trinajstić information content (AvgIpc) is 1.49. The van der Waals surface area contributed by atoms with Gasteiger partial charge in [-0.05, 0) is 217 Å². The molecule has 9 saturated carbocycles. The summed E-state index contributed by atoms with van der Waals surface area (Å²) in [6, 6.07) is 46.3. The zero-order valence-corrected chi connectivity index (χ0v) is 75.6. The number of ether oxygens (including phenoxy) is 4. The number of allylic oxidation sites excluding steroid dienone is 12. The summed E-state index contributed by atoms with van der Waals surface area (Å²) >= 11 is 0. The van der Waals surface area contributed by atoms with Crippen molar-refractivity contribution in [2.24, 2.45) is 68.0 Å². The highest BCUT2D eigenvalue weighted by molar-refractivity contribution is 6.03. The number of aliphatic hydroxyl groups is 8. The van der Waals surface area contributed by atoms with Crippen LogP contribution in [0.4, 0.5) is 24.5 Å². The maximum Gasteiger partial charge on any atom is 0.193 e. The lowest BCUT2D eigenvalue weighted by Crippen LogP contribution is -2.69. The number of alkyl halides is 3. The van der Waals surface area contributed by atoms with Gasteiger partial charge in [0.05, 0.1) is 36.6 Å². The number of benzene rings is 6. The fraction of sp³-hybridized carbons (Fsp3) is 0.445. The highest BCUT2D eigenvalue weighted by Crippen LogP contribution is 2.76. The molecule has 0 bridgehead atoms. The predicted octanol–water partition coefficient (Wildman–Crippen LogP) is 15.5. The van der Waals surface area contributed by atoms with E-state index in [0.717, 1.165) is 45.2 Å². The van der Waals surface area contributed by atoms with Crippen LogP contribution in [0.3, 0.4) is 0 Å². The predicted molar refractivity (Wildman–Crippen MR) is 502 cm³/mol. The van der Waals surface area contributed by atoms with Gasteiger partial charge in [0.15, 0.2) is 81.1 Å². The van der Waals surface area contributed by atoms with Crippen LogP contribution in [-0.2, 0) is 47.7 Å². The van der Waals surface area contributed by atoms with Gasteiger partial charge >= 0.3 is 0 Å². The first-order chi connectivity index (χ1) is 63.2. The van der Waals surface area contributed by atoms with Gasteiger partial charge in [0, 0.05) is 78.3 Å². The van der Waals surface area contributed by atoms with E-state index in [2.05, 4.69) is 31.2 Å². The number of carbonyl (C=O) groups is 7. The van der Waals surface area contributed by atoms with Crippen LogP contribution in [0.1, 0.15) is 199 Å². The molecule has 706 valence electrons. The lowest BCUT2D eigenvalue weighted by Gasteiger charge is -2.62. The molecule has 14 aliphatic rings. The molecule has 11 fully saturated rings. The van der Waals surface area contributed by atoms with Gasteiger partial charge in [-0.2, -0.15) is 0 Å². The van der Waals surface area contributed by atoms with E-state index in [9.17, 15) is 74.4 Å². The molecule has 20 rings (SSSR count). The zero-order valence-electron chi connectivity index (χ0n) is 75.6. The van der Waals surface area contributed by atoms with Gasteiger partial charge in [0.25, 0.3) is 0 Å². The lowest BCUT2D eigenvalue weighted by atomic mass is 9.44. The molecule has 134 heavy (non-hydrogen) atoms. The van der Waals surface area contributed by atoms with Crippen LogP contribution in [-0.4, -0.2) is 172 Å². The average molecular weight is 1830 g/mol. The molecular formula is C110H121F3N2O19. The molecule has 2 saturated heterocycles. The van der Waals surface area contributed by atoms with Crippen molar-refractivity contribution >= 4 is 88.8 Å². The van der Waals surface area contributed by atoms with E-state index in [1.165, 1.54) is 53.7 Å². The van der Waals surface area contributed by atoms with E-state index in [1.807, 2.05) is 172 Å². The smallest absolute Gasteiger partial charge is 0.193 e. The number of Topliss-reactive ketones (excluding diaryl/α,β-unsaturated/α-hetero) is 3. The third-order valence-electron chi connectivity index (χ3n) is 34.1. The Hall–Kier alpha value is -10.4. The fourth-order valence-electron chi connectivity index (χ4n) is 27.2. The highest BCUT2D eigenvalue weighted by Gasteiger charge is 2.83. The van der Waals surface area contributed by atoms with Gasteiger partial charge in [-0.25, -0.2) is 13.2 Å². The molecule has 21 nitrogen and oxygen atoms in total. The van der Waals surface area contributed by atoms with Crippen LogP contribution in [0, 0.1) is 74.9 Å². The molecule has 0 unspecified atom stereocenters. The standard InChI is InChI=1S/2C36H38FNO6.C21H27FO6.C16H14O.CH4/c2*1-33-15-14-26(40)17-24(33)12-13-27-28-18-31-36(30(42)20-39,34(28,2)19-29(41)35(27,33)37)44-32(43-31)23-10-8-21(9-11-23)6-7-22-4-3-5-25(38)16-22;1-18-6-5-12(24)7-11(18)3-4-13-14-8-15(25)21(28,17(27)10-23)19(14,2)9-16(26)20(13,18)22;1-13-3-2-4-15(11-13)8-5-14-6-9-16(12-17)10-7-14;/h2*3-11,14-17,27-29,31-32,39,41H,12-13,18-20,38H2,1-2H3;5-7,13-16,23,25-26,28H,3-4,8-10H2,1-2H3;2-12H,1H3;1H4/b2*7-6+;;8-5+;/t27-,28-,29-,31+,32+,33-,34-,35-,36+;27-,28-,29-,31+,32-,33-,34-,35-,36+;13-,14-,15+,16-,18-,19-,20-,21-;;/m000../s1. The van der Waals surface area contributed by atoms with E-state index in [0.29, 0.717) is 85.0 Å². The molecule has 0 spiro atoms. The molecule has 24 heteroatoms. The quantitative estimate of drug-likeness (QED) is 0.0259. The summed E-state index contributed by atoms with van der Waals surface area (Å²) in [5.74, 6) is -5.63. The zero-order chi connectivity index (χ0) is 94.9. The van der Waals surface area contributed by atoms with E-state index >= 15 is 13.2 Å². The summed E-state index contributed by atoms with van der Waals surface area (Å²) in [7, 11) is 0. The van der Waals surface area contributed by atoms with E-state index < -0.39 is 176 Å². The van der Waals surface area contributed by atoms with Gasteiger partial charge in [0.2, 0.25) is 0 Å². The van der Waals surface area contributed by atoms with Crippen molar-refractivity contribution in [1.29, 1.82) is 0 Å². The number of rotatable bonds is 15. The number of hydrogen-bond acceptors (Lipinski definition) is 21. The van der Waals surface area contributed by atoms with Gasteiger partial charge in [-0.3, -0.25) is 33.6 Å². The minimum absolute atomic E-state index is 0. The van der Waals surface area contributed by atoms with Crippen molar-refractivity contribution in [3.05, 3.63) is 273 Å². The number of nitrogens with two attached hydrogens (primary N) is 2. The molecule has 2 heterocycles. The van der Waals surface area contributed by atoms with Crippen LogP contribution in [0.15, 0.2) is 217 Å². The third-order valence-corrected chi connectivity index (χ3v) is 34.1. The van der Waals surface area contributed by atoms with Crippen LogP contribution in [0.2, 0.25) is 0 Å². The molecule has 26 atom stereocenters. The number of aryl methyl sites for hydroxylation is 1. The SMILES string of the molecule is C.C[C@]12C=CC(=O)C=C1CC[C@H]1[C@@H]3C[C@@H](O)[C@](O)(C(=O)CO)[C@@]3(C)C[C@H](O)[C@@]12F.C[C@]12C=CC(=O)C=C1CC[C@H]1[C@@H]3C[C@H]4O[C@@H](c5ccc(/C=C/c6cccc(N)c6)cc5)O[C@@]4(C(=O)CO)[C@@]3(C)C[C@H](O)[C@@]12F.C[C@]12C=CC(=O)C=C1CC[C@H]1[C@@H]3C[C@H]4O[C@H](c5ccc(/C=C/c6cccc(N)c6)cc5)O[C@@]4(C(=O)CO)[C@@]3(C)C[C@H](O)[C@@]12F.Cc1cccc(/C=C/c2ccc(C=O)cc2)c1. The molecule has 12 N–H and O–H groups in total. The Kier molecular flexibility index (Phi) is 25.7. The van der Waals surface area contributed by atoms with Crippen LogP contribution in [0.5, 0.6) is 0 Å². The summed E-state index contributed by atoms with van der Waals surface area (Å²) in [6.07, 6.45) is 20.4. The van der Waals surface area contributed by atoms with Crippen molar-refractivity contribution in [2.75, 3.05) is 31.3 Å². The second kappa shape index (κ2) is 35.6. The molecular weight excluding hydrogens is 1710 g/mol. The second-order valence-electron chi connectivity index (χ2n) is 40.5. The van der Waals surface area contributed by atoms with Crippen molar-refractivity contribution in [1.82, 2.24) is 0 Å². The Morgan fingerprint density at radius 2 is 0.739 bits per heavy atom. The van der Waals surface area contributed by atoms with Crippen molar-refractivity contribution in [3.63, 3.8) is 0 Å². The summed E-state index contributed by atoms with van der Waals surface area (Å²) in [6.45, 7) is 10.2. The first-order valence-corrected chi connectivity index (χ1v) is 46.2. The molecule has 0 aromatic heterocycles. The number of aliphatic hydroxyl groups excluding tert-OH is 7. The Bertz CT molecular complexity index is 5700. The highest BCUT2D eigenvalue weighted by atomic mass is 19.2. The largest absolute Gasteiger partial charge is 0.399 e. The number of aldehydes is 1. The summed E-state index contributed by atoms with van der Waals surface area (Å²) in [5, 5.41) is 85.9. The third kappa shape index (κ3) is 14.9. The minimum Gasteiger partial charge on any atom is -0.399 e. The van der Waals surface area contributed by atoms with Crippen LogP contribution in [0.25, 0.3) is 36.5 Å². The summed E-state index contributed by atoms with van der Waals surface area (Å²) in [5.41, 5.74) is 6.58. The summed E-state index contributed by atoms with van der Waals surface area (Å²) < 4.78 is 78.0. The number of hydrogen-bond donors (Lipinski definition) is 10. The van der Waals surface area contributed by atoms with Crippen LogP contribution >= 0.6 is 0 Å². The van der Waals surface area contributed by atoms with E-state index in [4.69, 9.17) is 30.4 Å². The lowest BCUT2D eigenvalue weighted by molar-refractivity contribution is -0.231. The van der Waals surface area contributed by atoms with Gasteiger partial charge in [0.1, 0.15) is 26.1 Å². The van der Waals surface area contributed by atoms with Gasteiger partial charge in [-0.15, -0.1) is 0 Å². The number of fused-ring (bicyclic) bond motifs is 19. The number of nitrogen functional groups attached to an aromatic ring is 2. The number of anilines is 2. The second-order valence-corrected chi connectivity index (χ2v) is 40.5. The molecule has 6 aromatic rings. The molecule has 6 aromatic carbocycles. The monoisotopic (exact) mass is 1830 g/mol. The van der Waals surface area contributed by atoms with Gasteiger partial charge in [-0.1, -0.05) is 226 Å². The molecule has 2 aliphatic heterocycles. The molecule has 0 amide bonds. The van der Waals surface area contributed by atoms with E-state index in [1.54, 1.807) is 39.8 Å². The van der Waals surface area contributed by atoms with E-state index in [-0.39, 0.29) is 62.3 Å². The molecule has 0 radical (unpaired) electrons. The van der Waals surface area contributed by atoms with Crippen molar-refractivity contribution < 1.29 is 107 Å². The topological polar surface area (TPSA) is 370 Å². The number of ketones is 6. The number of carbonyl (C=O) groups excluding carboxylic acids is 7. The fourth-order valence-corrected chi connectivity index (χ4v) is 27.2. The van der Waals surface area contributed by atoms with Crippen molar-refractivity contribution in [2.45, 2.75) is 216 Å². The maximum absolute atomic E-state index is 17.5. The summed E-state index contributed by atoms with van der Waals surface area (Å²) in [4.78, 5) is 86.4. The number of halogens is 3. The first kappa shape index (κ1) is 96.7. The normalized spacial score (nSPS) is 39.1. The van der Waals surface area contributed by atoms with Crippen LogP contribution < -0.4 is 11.5 Å². The minimum atomic E-state index is -2.23. The Labute approximate surface area is 779 Å². The Morgan fingerprint density at radius 1 is 0.418 bits per heavy atom. The Morgan fingerprint density at radius 3 is 1.08 bits per heavy atom. The first-order valence-electron chi connectivity index (χ1n) is 46.2.